The van der Waals surface area contributed by atoms with E-state index in [0.29, 0.717) is 12.8 Å². The van der Waals surface area contributed by atoms with Gasteiger partial charge >= 0.3 is 0 Å². The first-order chi connectivity index (χ1) is 20.9. The maximum atomic E-state index is 12.6. The molecule has 0 aliphatic rings. The molecule has 5 atom stereocenters. The summed E-state index contributed by atoms with van der Waals surface area (Å²) in [5, 5.41) is 57.3. The molecule has 0 aliphatic heterocycles. The Morgan fingerprint density at radius 1 is 0.886 bits per heavy atom. The Morgan fingerprint density at radius 3 is 2.23 bits per heavy atom. The van der Waals surface area contributed by atoms with E-state index in [4.69, 9.17) is 0 Å². The molecule has 0 aromatic heterocycles. The van der Waals surface area contributed by atoms with Gasteiger partial charge in [0.2, 0.25) is 11.8 Å². The third-order valence-corrected chi connectivity index (χ3v) is 7.71. The number of aliphatic hydroxyl groups excluding tert-OH is 2. The number of unbranched alkanes of at least 4 members (excludes halogenated alkanes) is 3. The van der Waals surface area contributed by atoms with Crippen LogP contribution in [0.1, 0.15) is 77.6 Å². The zero-order valence-electron chi connectivity index (χ0n) is 25.3. The van der Waals surface area contributed by atoms with Gasteiger partial charge in [-0.15, -0.1) is 11.8 Å². The summed E-state index contributed by atoms with van der Waals surface area (Å²) in [5.74, 6) is -5.86. The van der Waals surface area contributed by atoms with Gasteiger partial charge in [0.15, 0.2) is 0 Å². The number of quaternary nitrogens is 1. The van der Waals surface area contributed by atoms with E-state index in [-0.39, 0.29) is 37.9 Å². The molecule has 0 saturated carbocycles. The van der Waals surface area contributed by atoms with Crippen molar-refractivity contribution < 1.29 is 55.2 Å². The van der Waals surface area contributed by atoms with Crippen molar-refractivity contribution in [2.45, 2.75) is 107 Å². The van der Waals surface area contributed by atoms with Crippen molar-refractivity contribution >= 4 is 41.5 Å². The molecule has 0 heterocycles. The molecule has 0 rings (SSSR count). The first-order valence-electron chi connectivity index (χ1n) is 14.8. The second kappa shape index (κ2) is 25.2. The molecule has 44 heavy (non-hydrogen) atoms. The molecular weight excluding hydrogens is 594 g/mol. The predicted octanol–water partition coefficient (Wildman–Crippen LogP) is -2.75. The molecule has 0 aromatic carbocycles. The summed E-state index contributed by atoms with van der Waals surface area (Å²) in [6.07, 6.45) is 14.0. The zero-order chi connectivity index (χ0) is 33.3. The molecule has 7 N–H and O–H groups in total. The largest absolute Gasteiger partial charge is 0.550 e. The number of hydrogen-bond acceptors (Lipinski definition) is 11. The van der Waals surface area contributed by atoms with Gasteiger partial charge in [-0.1, -0.05) is 56.2 Å². The van der Waals surface area contributed by atoms with E-state index in [1.165, 1.54) is 6.42 Å². The number of carbonyl (C=O) groups is 5. The number of carboxylic acids is 3. The lowest BCUT2D eigenvalue weighted by molar-refractivity contribution is -0.438. The number of aliphatic hydroxyl groups is 2. The molecule has 13 nitrogen and oxygen atoms in total. The highest BCUT2D eigenvalue weighted by Gasteiger charge is 2.25. The van der Waals surface area contributed by atoms with Gasteiger partial charge in [0.25, 0.3) is 0 Å². The molecule has 0 radical (unpaired) electrons. The van der Waals surface area contributed by atoms with Crippen LogP contribution in [0.2, 0.25) is 0 Å². The van der Waals surface area contributed by atoms with Crippen LogP contribution in [-0.4, -0.2) is 81.8 Å². The number of nitrogens with one attached hydrogen (secondary N) is 2. The second-order valence-electron chi connectivity index (χ2n) is 10.3. The lowest BCUT2D eigenvalue weighted by Crippen LogP contribution is -2.68. The standard InChI is InChI=1S/C30H49N3O10S/c1-2-3-4-5-6-8-12-21(34)13-9-7-10-15-25(24(35)14-11-16-27(37)38)44-20-23(29(41)32-19-28(39)40)33-26(36)18-17-22(31)30(42)43/h6-10,15,21-25,34-35H,2-5,11-14,16-20,31H2,1H3,(H,32,41)(H,33,36)(H,37,38)(H,39,40)(H,42,43)/p-2/b8-6-,9-7+,15-10+/t21-,22+,23+,24+,25-/m1/s1. The summed E-state index contributed by atoms with van der Waals surface area (Å²) in [4.78, 5) is 57.5. The smallest absolute Gasteiger partial charge is 0.243 e. The van der Waals surface area contributed by atoms with Crippen molar-refractivity contribution in [3.63, 3.8) is 0 Å². The fraction of sp³-hybridized carbons (Fsp3) is 0.633. The SMILES string of the molecule is CCCCC/C=C\C[C@@H](O)C/C=C/C=C/[C@@H](SC[C@H](NC(=O)CC[C@H]([NH3+])C(=O)[O-])C(=O)NCC(=O)[O-])[C@@H](O)CCCC(=O)[O-]. The quantitative estimate of drug-likeness (QED) is 0.0368. The monoisotopic (exact) mass is 641 g/mol. The zero-order valence-corrected chi connectivity index (χ0v) is 26.1. The average Bonchev–Trinajstić information content (AvgIpc) is 2.96. The van der Waals surface area contributed by atoms with Crippen LogP contribution >= 0.6 is 11.8 Å². The summed E-state index contributed by atoms with van der Waals surface area (Å²) < 4.78 is 0. The van der Waals surface area contributed by atoms with E-state index < -0.39 is 65.8 Å². The van der Waals surface area contributed by atoms with Gasteiger partial charge in [-0.3, -0.25) is 9.59 Å². The minimum atomic E-state index is -1.55. The third kappa shape index (κ3) is 22.4. The maximum Gasteiger partial charge on any atom is 0.243 e. The van der Waals surface area contributed by atoms with Gasteiger partial charge in [-0.25, -0.2) is 0 Å². The summed E-state index contributed by atoms with van der Waals surface area (Å²) in [5.41, 5.74) is 3.37. The van der Waals surface area contributed by atoms with E-state index in [1.807, 2.05) is 6.08 Å². The van der Waals surface area contributed by atoms with Crippen LogP contribution < -0.4 is 31.7 Å². The molecule has 0 spiro atoms. The van der Waals surface area contributed by atoms with Gasteiger partial charge in [-0.2, -0.15) is 0 Å². The molecule has 2 amide bonds. The van der Waals surface area contributed by atoms with Crippen molar-refractivity contribution in [3.8, 4) is 0 Å². The minimum absolute atomic E-state index is 0.102. The van der Waals surface area contributed by atoms with E-state index in [1.54, 1.807) is 24.3 Å². The molecular formula is C30H47N3O10S-2. The number of amides is 2. The topological polar surface area (TPSA) is 247 Å². The molecule has 0 bridgehead atoms. The first kappa shape index (κ1) is 40.8. The number of allylic oxidation sites excluding steroid dienone is 3. The number of thioether (sulfide) groups is 1. The van der Waals surface area contributed by atoms with Crippen molar-refractivity contribution in [1.29, 1.82) is 0 Å². The molecule has 14 heteroatoms. The van der Waals surface area contributed by atoms with E-state index >= 15 is 0 Å². The second-order valence-corrected chi connectivity index (χ2v) is 11.5. The van der Waals surface area contributed by atoms with E-state index in [0.717, 1.165) is 31.0 Å². The van der Waals surface area contributed by atoms with Crippen LogP contribution in [0, 0.1) is 0 Å². The first-order valence-corrected chi connectivity index (χ1v) is 15.9. The molecule has 0 aliphatic carbocycles. The highest BCUT2D eigenvalue weighted by molar-refractivity contribution is 8.00. The van der Waals surface area contributed by atoms with Gasteiger partial charge in [-0.05, 0) is 44.9 Å². The number of rotatable bonds is 26. The summed E-state index contributed by atoms with van der Waals surface area (Å²) >= 11 is 1.07. The van der Waals surface area contributed by atoms with Crippen LogP contribution in [0.5, 0.6) is 0 Å². The number of aliphatic carboxylic acids is 3. The number of carbonyl (C=O) groups excluding carboxylic acids is 5. The Balaban J connectivity index is 5.39. The minimum Gasteiger partial charge on any atom is -0.550 e. The maximum absolute atomic E-state index is 12.6. The predicted molar refractivity (Wildman–Crippen MR) is 159 cm³/mol. The molecule has 0 aromatic rings. The Morgan fingerprint density at radius 2 is 1.59 bits per heavy atom. The number of hydrogen-bond donors (Lipinski definition) is 5. The van der Waals surface area contributed by atoms with Crippen LogP contribution in [-0.2, 0) is 24.0 Å². The molecule has 0 saturated heterocycles. The summed E-state index contributed by atoms with van der Waals surface area (Å²) in [7, 11) is 0. The fourth-order valence-corrected chi connectivity index (χ4v) is 4.95. The third-order valence-electron chi connectivity index (χ3n) is 6.33. The normalized spacial score (nSPS) is 15.2. The van der Waals surface area contributed by atoms with E-state index in [9.17, 15) is 49.5 Å². The lowest BCUT2D eigenvalue weighted by Gasteiger charge is -2.24. The Labute approximate surface area is 263 Å². The molecule has 0 unspecified atom stereocenters. The van der Waals surface area contributed by atoms with Gasteiger partial charge in [0.1, 0.15) is 12.1 Å². The van der Waals surface area contributed by atoms with Crippen LogP contribution in [0.25, 0.3) is 0 Å². The van der Waals surface area contributed by atoms with E-state index in [2.05, 4.69) is 29.4 Å². The average molecular weight is 642 g/mol. The van der Waals surface area contributed by atoms with Gasteiger partial charge in [0, 0.05) is 29.8 Å². The summed E-state index contributed by atoms with van der Waals surface area (Å²) in [6, 6.07) is -2.39. The summed E-state index contributed by atoms with van der Waals surface area (Å²) in [6.45, 7) is 1.33. The highest BCUT2D eigenvalue weighted by Crippen LogP contribution is 2.22. The van der Waals surface area contributed by atoms with Crippen molar-refractivity contribution in [3.05, 3.63) is 36.5 Å². The van der Waals surface area contributed by atoms with Crippen molar-refractivity contribution in [1.82, 2.24) is 10.6 Å². The molecule has 0 fully saturated rings. The van der Waals surface area contributed by atoms with Gasteiger partial charge < -0.3 is 56.3 Å². The van der Waals surface area contributed by atoms with Crippen molar-refractivity contribution in [2.75, 3.05) is 12.3 Å². The fourth-order valence-electron chi connectivity index (χ4n) is 3.74. The lowest BCUT2D eigenvalue weighted by atomic mass is 10.1. The Bertz CT molecular complexity index is 973. The van der Waals surface area contributed by atoms with Crippen molar-refractivity contribution in [2.24, 2.45) is 0 Å². The van der Waals surface area contributed by atoms with Crippen LogP contribution in [0.3, 0.4) is 0 Å². The Kier molecular flexibility index (Phi) is 23.3. The Hall–Kier alpha value is -3.20. The van der Waals surface area contributed by atoms with Crippen LogP contribution in [0.15, 0.2) is 36.5 Å². The number of carboxylic acid groups (broad SMARTS) is 3. The van der Waals surface area contributed by atoms with Gasteiger partial charge in [0.05, 0.1) is 30.7 Å². The highest BCUT2D eigenvalue weighted by atomic mass is 32.2. The molecule has 250 valence electrons. The van der Waals surface area contributed by atoms with Crippen LogP contribution in [0.4, 0.5) is 0 Å².